The summed E-state index contributed by atoms with van der Waals surface area (Å²) in [4.78, 5) is 28.2. The van der Waals surface area contributed by atoms with Gasteiger partial charge in [-0.25, -0.2) is 14.4 Å². The Morgan fingerprint density at radius 3 is 2.64 bits per heavy atom. The first-order valence-electron chi connectivity index (χ1n) is 12.2. The summed E-state index contributed by atoms with van der Waals surface area (Å²) in [7, 11) is -4.02. The molecule has 0 spiro atoms. The van der Waals surface area contributed by atoms with Crippen molar-refractivity contribution in [2.45, 2.75) is 51.4 Å². The highest BCUT2D eigenvalue weighted by Gasteiger charge is 2.54. The molecular formula is C24H35N4O9PS. The number of hydrogen-bond donors (Lipinski definition) is 5. The number of hydrogen-bond acceptors (Lipinski definition) is 12. The molecular weight excluding hydrogens is 551 g/mol. The minimum atomic E-state index is -4.02. The van der Waals surface area contributed by atoms with E-state index in [1.807, 2.05) is 30.3 Å². The number of carbonyl (C=O) groups excluding carboxylic acids is 1. The van der Waals surface area contributed by atoms with Gasteiger partial charge >= 0.3 is 13.4 Å². The number of anilines is 1. The van der Waals surface area contributed by atoms with Crippen molar-refractivity contribution in [3.05, 3.63) is 58.6 Å². The highest BCUT2D eigenvalue weighted by molar-refractivity contribution is 8.13. The van der Waals surface area contributed by atoms with Crippen molar-refractivity contribution in [3.63, 3.8) is 0 Å². The van der Waals surface area contributed by atoms with E-state index in [-0.39, 0.29) is 36.4 Å². The summed E-state index contributed by atoms with van der Waals surface area (Å²) < 4.78 is 31.5. The van der Waals surface area contributed by atoms with Crippen LogP contribution in [0.1, 0.15) is 32.6 Å². The molecule has 1 aromatic carbocycles. The molecule has 1 unspecified atom stereocenters. The van der Waals surface area contributed by atoms with Crippen molar-refractivity contribution in [1.82, 2.24) is 14.6 Å². The Balaban J connectivity index is 1.68. The zero-order valence-corrected chi connectivity index (χ0v) is 23.6. The zero-order valence-electron chi connectivity index (χ0n) is 21.9. The number of nitrogens with zero attached hydrogens (tertiary/aromatic N) is 2. The Kier molecular flexibility index (Phi) is 10.5. The van der Waals surface area contributed by atoms with E-state index in [2.05, 4.69) is 10.1 Å². The van der Waals surface area contributed by atoms with Crippen molar-refractivity contribution in [2.75, 3.05) is 31.3 Å². The maximum Gasteiger partial charge on any atom is 0.405 e. The van der Waals surface area contributed by atoms with Crippen molar-refractivity contribution in [3.8, 4) is 0 Å². The molecule has 6 N–H and O–H groups in total. The molecule has 0 saturated carbocycles. The van der Waals surface area contributed by atoms with Crippen LogP contribution in [0.15, 0.2) is 47.4 Å². The first kappa shape index (κ1) is 31.4. The SMILES string of the molecule is CC(C)(CO)C(=O)SCCOP(=O)(NCc1ccccc1)OC[C@H]1O[C@@H](n2ccc(N)nc2=O)[C@](C)(O)[C@@H]1O. The number of aliphatic hydroxyl groups excluding tert-OH is 2. The predicted octanol–water partition coefficient (Wildman–Crippen LogP) is 1.04. The highest BCUT2D eigenvalue weighted by Crippen LogP contribution is 2.46. The molecule has 15 heteroatoms. The van der Waals surface area contributed by atoms with E-state index in [1.54, 1.807) is 13.8 Å². The third kappa shape index (κ3) is 7.97. The van der Waals surface area contributed by atoms with Gasteiger partial charge in [0.05, 0.1) is 25.2 Å². The average Bonchev–Trinajstić information content (AvgIpc) is 3.13. The number of carbonyl (C=O) groups is 1. The standard InChI is InChI=1S/C24H35N4O9PS/c1-23(2,15-29)21(31)39-12-11-35-38(34,26-13-16-7-5-4-6-8-16)36-14-17-19(30)24(3,33)20(37-17)28-10-9-18(25)27-22(28)32/h4-10,17,19-20,29-30,33H,11-15H2,1-3H3,(H,26,34)(H2,25,27,32)/t17-,19-,20-,24-,38?/m1/s1. The van der Waals surface area contributed by atoms with Crippen molar-refractivity contribution < 1.29 is 38.5 Å². The monoisotopic (exact) mass is 586 g/mol. The van der Waals surface area contributed by atoms with Crippen LogP contribution in [0.4, 0.5) is 5.82 Å². The van der Waals surface area contributed by atoms with Crippen LogP contribution in [0.2, 0.25) is 0 Å². The maximum absolute atomic E-state index is 13.6. The number of aliphatic hydroxyl groups is 3. The number of nitrogen functional groups attached to an aromatic ring is 1. The van der Waals surface area contributed by atoms with Crippen LogP contribution >= 0.6 is 19.5 Å². The zero-order chi connectivity index (χ0) is 28.8. The minimum absolute atomic E-state index is 0.0170. The molecule has 1 aliphatic heterocycles. The Morgan fingerprint density at radius 1 is 1.31 bits per heavy atom. The highest BCUT2D eigenvalue weighted by atomic mass is 32.2. The number of aromatic nitrogens is 2. The molecule has 0 radical (unpaired) electrons. The third-order valence-electron chi connectivity index (χ3n) is 6.11. The lowest BCUT2D eigenvalue weighted by Gasteiger charge is -2.27. The molecule has 0 amide bonds. The number of nitrogens with two attached hydrogens (primary N) is 1. The quantitative estimate of drug-likeness (QED) is 0.165. The smallest absolute Gasteiger partial charge is 0.395 e. The first-order valence-corrected chi connectivity index (χ1v) is 14.7. The third-order valence-corrected chi connectivity index (χ3v) is 8.86. The van der Waals surface area contributed by atoms with E-state index < -0.39 is 49.5 Å². The largest absolute Gasteiger partial charge is 0.405 e. The molecule has 5 atom stereocenters. The lowest BCUT2D eigenvalue weighted by molar-refractivity contribution is -0.119. The molecule has 2 heterocycles. The maximum atomic E-state index is 13.6. The summed E-state index contributed by atoms with van der Waals surface area (Å²) in [5.74, 6) is 0.131. The number of nitrogens with one attached hydrogen (secondary N) is 1. The Bertz CT molecular complexity index is 1230. The molecule has 3 rings (SSSR count). The molecule has 0 bridgehead atoms. The van der Waals surface area contributed by atoms with Gasteiger partial charge in [-0.1, -0.05) is 42.1 Å². The van der Waals surface area contributed by atoms with Gasteiger partial charge in [0.1, 0.15) is 23.6 Å². The van der Waals surface area contributed by atoms with E-state index in [0.717, 1.165) is 21.9 Å². The molecule has 1 aromatic heterocycles. The summed E-state index contributed by atoms with van der Waals surface area (Å²) in [6.07, 6.45) is -2.75. The summed E-state index contributed by atoms with van der Waals surface area (Å²) in [5.41, 5.74) is 2.69. The van der Waals surface area contributed by atoms with Crippen LogP contribution in [0.5, 0.6) is 0 Å². The molecule has 2 aromatic rings. The lowest BCUT2D eigenvalue weighted by Crippen LogP contribution is -2.46. The number of benzene rings is 1. The van der Waals surface area contributed by atoms with Crippen molar-refractivity contribution in [2.24, 2.45) is 5.41 Å². The van der Waals surface area contributed by atoms with Crippen molar-refractivity contribution in [1.29, 1.82) is 0 Å². The van der Waals surface area contributed by atoms with Gasteiger partial charge in [-0.3, -0.25) is 18.4 Å². The van der Waals surface area contributed by atoms with E-state index in [9.17, 15) is 29.5 Å². The topological polar surface area (TPSA) is 195 Å². The van der Waals surface area contributed by atoms with Gasteiger partial charge in [0.25, 0.3) is 0 Å². The van der Waals surface area contributed by atoms with Crippen LogP contribution in [-0.4, -0.2) is 73.4 Å². The van der Waals surface area contributed by atoms with Gasteiger partial charge < -0.3 is 25.8 Å². The second-order valence-electron chi connectivity index (χ2n) is 9.86. The van der Waals surface area contributed by atoms with Crippen LogP contribution < -0.4 is 16.5 Å². The van der Waals surface area contributed by atoms with Crippen molar-refractivity contribution >= 4 is 30.4 Å². The molecule has 1 saturated heterocycles. The molecule has 1 fully saturated rings. The second kappa shape index (κ2) is 13.0. The van der Waals surface area contributed by atoms with E-state index in [0.29, 0.717) is 0 Å². The first-order chi connectivity index (χ1) is 18.3. The molecule has 1 aliphatic rings. The average molecular weight is 587 g/mol. The van der Waals surface area contributed by atoms with Crippen LogP contribution in [0, 0.1) is 5.41 Å². The fourth-order valence-electron chi connectivity index (χ4n) is 3.62. The fourth-order valence-corrected chi connectivity index (χ4v) is 5.86. The molecule has 0 aliphatic carbocycles. The van der Waals surface area contributed by atoms with Crippen LogP contribution in [0.3, 0.4) is 0 Å². The van der Waals surface area contributed by atoms with Gasteiger partial charge in [-0.2, -0.15) is 4.98 Å². The van der Waals surface area contributed by atoms with Crippen LogP contribution in [-0.2, 0) is 29.7 Å². The van der Waals surface area contributed by atoms with E-state index >= 15 is 0 Å². The summed E-state index contributed by atoms with van der Waals surface area (Å²) in [5, 5.41) is 33.5. The van der Waals surface area contributed by atoms with Gasteiger partial charge in [0.15, 0.2) is 11.3 Å². The Labute approximate surface area is 230 Å². The summed E-state index contributed by atoms with van der Waals surface area (Å²) in [6, 6.07) is 10.4. The summed E-state index contributed by atoms with van der Waals surface area (Å²) >= 11 is 0.934. The second-order valence-corrected chi connectivity index (χ2v) is 12.8. The minimum Gasteiger partial charge on any atom is -0.395 e. The molecule has 39 heavy (non-hydrogen) atoms. The number of thioether (sulfide) groups is 1. The Hall–Kier alpha value is -2.13. The van der Waals surface area contributed by atoms with Gasteiger partial charge in [-0.15, -0.1) is 0 Å². The van der Waals surface area contributed by atoms with Gasteiger partial charge in [-0.05, 0) is 32.4 Å². The van der Waals surface area contributed by atoms with Gasteiger partial charge in [0, 0.05) is 18.5 Å². The van der Waals surface area contributed by atoms with E-state index in [1.165, 1.54) is 19.2 Å². The lowest BCUT2D eigenvalue weighted by atomic mass is 9.96. The number of ether oxygens (including phenoxy) is 1. The summed E-state index contributed by atoms with van der Waals surface area (Å²) in [6.45, 7) is 3.74. The Morgan fingerprint density at radius 2 is 2.00 bits per heavy atom. The number of rotatable bonds is 13. The predicted molar refractivity (Wildman–Crippen MR) is 145 cm³/mol. The molecule has 216 valence electrons. The van der Waals surface area contributed by atoms with Crippen LogP contribution in [0.25, 0.3) is 0 Å². The fraction of sp³-hybridized carbons (Fsp3) is 0.542. The normalized spacial score (nSPS) is 24.9. The van der Waals surface area contributed by atoms with E-state index in [4.69, 9.17) is 19.5 Å². The van der Waals surface area contributed by atoms with Gasteiger partial charge in [0.2, 0.25) is 0 Å². The molecule has 13 nitrogen and oxygen atoms in total.